The van der Waals surface area contributed by atoms with E-state index in [0.29, 0.717) is 6.04 Å². The van der Waals surface area contributed by atoms with Gasteiger partial charge in [-0.25, -0.2) is 0 Å². The Morgan fingerprint density at radius 3 is 2.60 bits per heavy atom. The first-order valence-electron chi connectivity index (χ1n) is 7.35. The maximum Gasteiger partial charge on any atom is 0.0394 e. The van der Waals surface area contributed by atoms with E-state index in [-0.39, 0.29) is 0 Å². The fraction of sp³-hybridized carbons (Fsp3) is 0.263. The SMILES string of the molecule is C=CCN1CCc2ccccc2C1Cc1ccccc1. The van der Waals surface area contributed by atoms with Crippen LogP contribution in [0.25, 0.3) is 0 Å². The highest BCUT2D eigenvalue weighted by molar-refractivity contribution is 5.34. The summed E-state index contributed by atoms with van der Waals surface area (Å²) in [4.78, 5) is 2.54. The highest BCUT2D eigenvalue weighted by Crippen LogP contribution is 2.32. The van der Waals surface area contributed by atoms with E-state index in [1.165, 1.54) is 16.7 Å². The molecule has 2 aromatic carbocycles. The number of rotatable bonds is 4. The van der Waals surface area contributed by atoms with E-state index >= 15 is 0 Å². The molecule has 0 fully saturated rings. The van der Waals surface area contributed by atoms with E-state index in [0.717, 1.165) is 25.9 Å². The Morgan fingerprint density at radius 1 is 1.05 bits per heavy atom. The molecule has 0 N–H and O–H groups in total. The minimum Gasteiger partial charge on any atom is -0.292 e. The van der Waals surface area contributed by atoms with Gasteiger partial charge in [0.2, 0.25) is 0 Å². The first-order valence-corrected chi connectivity index (χ1v) is 7.35. The summed E-state index contributed by atoms with van der Waals surface area (Å²) in [6, 6.07) is 20.1. The van der Waals surface area contributed by atoms with Crippen molar-refractivity contribution in [2.45, 2.75) is 18.9 Å². The van der Waals surface area contributed by atoms with Crippen molar-refractivity contribution in [2.75, 3.05) is 13.1 Å². The summed E-state index contributed by atoms with van der Waals surface area (Å²) in [6.45, 7) is 6.00. The lowest BCUT2D eigenvalue weighted by molar-refractivity contribution is 0.204. The van der Waals surface area contributed by atoms with Gasteiger partial charge in [0.25, 0.3) is 0 Å². The topological polar surface area (TPSA) is 3.24 Å². The average Bonchev–Trinajstić information content (AvgIpc) is 2.51. The van der Waals surface area contributed by atoms with Crippen LogP contribution in [0.1, 0.15) is 22.7 Å². The van der Waals surface area contributed by atoms with Gasteiger partial charge in [0.05, 0.1) is 0 Å². The van der Waals surface area contributed by atoms with Crippen molar-refractivity contribution in [1.29, 1.82) is 0 Å². The fourth-order valence-electron chi connectivity index (χ4n) is 3.16. The largest absolute Gasteiger partial charge is 0.292 e. The van der Waals surface area contributed by atoms with Crippen molar-refractivity contribution in [2.24, 2.45) is 0 Å². The normalized spacial score (nSPS) is 18.5. The molecule has 1 heterocycles. The number of hydrogen-bond acceptors (Lipinski definition) is 1. The number of benzene rings is 2. The van der Waals surface area contributed by atoms with Crippen LogP contribution < -0.4 is 0 Å². The lowest BCUT2D eigenvalue weighted by atomic mass is 9.89. The smallest absolute Gasteiger partial charge is 0.0394 e. The van der Waals surface area contributed by atoms with Gasteiger partial charge in [-0.2, -0.15) is 0 Å². The van der Waals surface area contributed by atoms with E-state index < -0.39 is 0 Å². The molecule has 1 heteroatoms. The number of fused-ring (bicyclic) bond motifs is 1. The highest BCUT2D eigenvalue weighted by atomic mass is 15.2. The highest BCUT2D eigenvalue weighted by Gasteiger charge is 2.26. The summed E-state index contributed by atoms with van der Waals surface area (Å²) in [6.07, 6.45) is 4.24. The summed E-state index contributed by atoms with van der Waals surface area (Å²) in [5.41, 5.74) is 4.40. The molecular formula is C19H21N. The zero-order chi connectivity index (χ0) is 13.8. The lowest BCUT2D eigenvalue weighted by Gasteiger charge is -2.37. The molecule has 2 aromatic rings. The molecule has 3 rings (SSSR count). The summed E-state index contributed by atoms with van der Waals surface area (Å²) in [5, 5.41) is 0. The van der Waals surface area contributed by atoms with Crippen LogP contribution in [0.2, 0.25) is 0 Å². The van der Waals surface area contributed by atoms with Gasteiger partial charge in [-0.05, 0) is 29.5 Å². The van der Waals surface area contributed by atoms with Crippen molar-refractivity contribution in [3.8, 4) is 0 Å². The maximum atomic E-state index is 3.91. The van der Waals surface area contributed by atoms with E-state index in [2.05, 4.69) is 66.1 Å². The van der Waals surface area contributed by atoms with Crippen molar-refractivity contribution in [3.63, 3.8) is 0 Å². The second-order valence-corrected chi connectivity index (χ2v) is 5.44. The standard InChI is InChI=1S/C19H21N/c1-2-13-20-14-12-17-10-6-7-11-18(17)19(20)15-16-8-4-3-5-9-16/h2-11,19H,1,12-15H2. The number of nitrogens with zero attached hydrogens (tertiary/aromatic N) is 1. The summed E-state index contributed by atoms with van der Waals surface area (Å²) in [5.74, 6) is 0. The van der Waals surface area contributed by atoms with Crippen LogP contribution in [0.5, 0.6) is 0 Å². The third-order valence-corrected chi connectivity index (χ3v) is 4.16. The molecule has 1 atom stereocenters. The Kier molecular flexibility index (Phi) is 3.98. The molecule has 102 valence electrons. The van der Waals surface area contributed by atoms with Gasteiger partial charge in [0, 0.05) is 19.1 Å². The second kappa shape index (κ2) is 6.06. The van der Waals surface area contributed by atoms with Gasteiger partial charge < -0.3 is 0 Å². The first-order chi connectivity index (χ1) is 9.88. The van der Waals surface area contributed by atoms with E-state index in [1.807, 2.05) is 6.08 Å². The van der Waals surface area contributed by atoms with Gasteiger partial charge in [0.15, 0.2) is 0 Å². The first kappa shape index (κ1) is 13.1. The van der Waals surface area contributed by atoms with Gasteiger partial charge in [-0.1, -0.05) is 60.7 Å². The Hall–Kier alpha value is -1.86. The molecule has 0 saturated carbocycles. The molecule has 0 spiro atoms. The minimum atomic E-state index is 0.473. The third kappa shape index (κ3) is 2.68. The fourth-order valence-corrected chi connectivity index (χ4v) is 3.16. The second-order valence-electron chi connectivity index (χ2n) is 5.44. The minimum absolute atomic E-state index is 0.473. The van der Waals surface area contributed by atoms with Crippen LogP contribution in [0.4, 0.5) is 0 Å². The third-order valence-electron chi connectivity index (χ3n) is 4.16. The zero-order valence-corrected chi connectivity index (χ0v) is 11.8. The molecule has 0 radical (unpaired) electrons. The van der Waals surface area contributed by atoms with E-state index in [4.69, 9.17) is 0 Å². The molecule has 0 amide bonds. The maximum absolute atomic E-state index is 3.91. The van der Waals surface area contributed by atoms with Gasteiger partial charge in [-0.3, -0.25) is 4.90 Å². The van der Waals surface area contributed by atoms with Crippen LogP contribution in [0.15, 0.2) is 67.3 Å². The predicted octanol–water partition coefficient (Wildman–Crippen LogP) is 4.01. The Balaban J connectivity index is 1.92. The summed E-state index contributed by atoms with van der Waals surface area (Å²) >= 11 is 0. The summed E-state index contributed by atoms with van der Waals surface area (Å²) in [7, 11) is 0. The molecule has 0 aliphatic carbocycles. The zero-order valence-electron chi connectivity index (χ0n) is 11.8. The monoisotopic (exact) mass is 263 g/mol. The van der Waals surface area contributed by atoms with Crippen LogP contribution >= 0.6 is 0 Å². The van der Waals surface area contributed by atoms with Crippen molar-refractivity contribution in [1.82, 2.24) is 4.90 Å². The molecule has 1 aliphatic rings. The summed E-state index contributed by atoms with van der Waals surface area (Å²) < 4.78 is 0. The Morgan fingerprint density at radius 2 is 1.80 bits per heavy atom. The molecule has 1 aliphatic heterocycles. The van der Waals surface area contributed by atoms with E-state index in [1.54, 1.807) is 0 Å². The molecule has 1 unspecified atom stereocenters. The van der Waals surface area contributed by atoms with Gasteiger partial charge in [0.1, 0.15) is 0 Å². The molecule has 20 heavy (non-hydrogen) atoms. The van der Waals surface area contributed by atoms with Crippen molar-refractivity contribution < 1.29 is 0 Å². The van der Waals surface area contributed by atoms with E-state index in [9.17, 15) is 0 Å². The quantitative estimate of drug-likeness (QED) is 0.753. The molecule has 0 saturated heterocycles. The molecular weight excluding hydrogens is 242 g/mol. The van der Waals surface area contributed by atoms with Crippen molar-refractivity contribution in [3.05, 3.63) is 83.9 Å². The lowest BCUT2D eigenvalue weighted by Crippen LogP contribution is -2.36. The molecule has 0 bridgehead atoms. The van der Waals surface area contributed by atoms with Gasteiger partial charge in [-0.15, -0.1) is 6.58 Å². The van der Waals surface area contributed by atoms with Crippen LogP contribution in [0.3, 0.4) is 0 Å². The van der Waals surface area contributed by atoms with Crippen LogP contribution in [0, 0.1) is 0 Å². The predicted molar refractivity (Wildman–Crippen MR) is 84.8 cm³/mol. The molecule has 0 aromatic heterocycles. The van der Waals surface area contributed by atoms with Crippen LogP contribution in [-0.2, 0) is 12.8 Å². The van der Waals surface area contributed by atoms with Crippen LogP contribution in [-0.4, -0.2) is 18.0 Å². The molecule has 1 nitrogen and oxygen atoms in total. The Bertz CT molecular complexity index is 573. The average molecular weight is 263 g/mol. The Labute approximate surface area is 121 Å². The number of hydrogen-bond donors (Lipinski definition) is 0. The van der Waals surface area contributed by atoms with Gasteiger partial charge >= 0.3 is 0 Å². The van der Waals surface area contributed by atoms with Crippen molar-refractivity contribution >= 4 is 0 Å².